The number of hydrogen-bond donors (Lipinski definition) is 0. The Morgan fingerprint density at radius 3 is 2.48 bits per heavy atom. The minimum atomic E-state index is -2.83. The van der Waals surface area contributed by atoms with E-state index in [1.165, 1.54) is 0 Å². The summed E-state index contributed by atoms with van der Waals surface area (Å²) < 4.78 is 20.5. The van der Waals surface area contributed by atoms with Gasteiger partial charge in [-0.2, -0.15) is 0 Å². The number of benzene rings is 2. The molecule has 1 fully saturated rings. The van der Waals surface area contributed by atoms with Gasteiger partial charge in [0.05, 0.1) is 17.6 Å². The van der Waals surface area contributed by atoms with Crippen LogP contribution in [0.25, 0.3) is 0 Å². The van der Waals surface area contributed by atoms with Crippen LogP contribution in [0.3, 0.4) is 0 Å². The fourth-order valence-corrected chi connectivity index (χ4v) is 5.16. The van der Waals surface area contributed by atoms with E-state index >= 15 is 0 Å². The summed E-state index contributed by atoms with van der Waals surface area (Å²) in [5.74, 6) is 0. The first-order valence-corrected chi connectivity index (χ1v) is 10.0. The van der Waals surface area contributed by atoms with Crippen LogP contribution in [0.4, 0.5) is 11.4 Å². The van der Waals surface area contributed by atoms with Crippen molar-refractivity contribution in [1.29, 1.82) is 0 Å². The summed E-state index contributed by atoms with van der Waals surface area (Å²) in [6.07, 6.45) is 0.995. The second-order valence-corrected chi connectivity index (χ2v) is 8.86. The van der Waals surface area contributed by atoms with Crippen LogP contribution in [-0.2, 0) is 14.0 Å². The summed E-state index contributed by atoms with van der Waals surface area (Å²) in [4.78, 5) is 11.5. The molecule has 0 spiro atoms. The van der Waals surface area contributed by atoms with E-state index in [9.17, 15) is 9.12 Å². The zero-order valence-corrected chi connectivity index (χ0v) is 14.2. The van der Waals surface area contributed by atoms with Gasteiger partial charge < -0.3 is 4.74 Å². The number of anilines is 1. The summed E-state index contributed by atoms with van der Waals surface area (Å²) in [6.45, 7) is 1.29. The molecule has 0 bridgehead atoms. The first kappa shape index (κ1) is 16.1. The first-order valence-electron chi connectivity index (χ1n) is 7.28. The summed E-state index contributed by atoms with van der Waals surface area (Å²) in [6, 6.07) is 16.1. The topological polar surface area (TPSA) is 62.3 Å². The quantitative estimate of drug-likeness (QED) is 0.432. The van der Waals surface area contributed by atoms with Crippen LogP contribution in [0.15, 0.2) is 64.7 Å². The molecule has 1 heterocycles. The lowest BCUT2D eigenvalue weighted by atomic mass is 10.3. The van der Waals surface area contributed by atoms with Crippen molar-refractivity contribution in [3.63, 3.8) is 0 Å². The molecule has 0 saturated carbocycles. The maximum Gasteiger partial charge on any atom is 0.125 e. The van der Waals surface area contributed by atoms with Crippen LogP contribution in [0.5, 0.6) is 0 Å². The highest BCUT2D eigenvalue weighted by Gasteiger charge is 2.27. The number of para-hydroxylation sites is 1. The van der Waals surface area contributed by atoms with Crippen molar-refractivity contribution in [2.45, 2.75) is 17.4 Å². The van der Waals surface area contributed by atoms with Crippen molar-refractivity contribution in [2.75, 3.05) is 17.5 Å². The molecule has 1 aliphatic rings. The van der Waals surface area contributed by atoms with Crippen LogP contribution in [0, 0.1) is 4.91 Å². The van der Waals surface area contributed by atoms with Gasteiger partial charge in [0.1, 0.15) is 15.0 Å². The molecule has 2 aromatic rings. The minimum Gasteiger partial charge on any atom is -0.373 e. The van der Waals surface area contributed by atoms with Crippen LogP contribution >= 0.6 is 8.02 Å². The third kappa shape index (κ3) is 3.61. The van der Waals surface area contributed by atoms with Gasteiger partial charge in [-0.05, 0) is 43.9 Å². The highest BCUT2D eigenvalue weighted by molar-refractivity contribution is 8.21. The van der Waals surface area contributed by atoms with Gasteiger partial charge in [0.15, 0.2) is 0 Å². The monoisotopic (exact) mass is 348 g/mol. The number of epoxide rings is 1. The number of rotatable bonds is 7. The van der Waals surface area contributed by atoms with E-state index in [1.807, 2.05) is 30.3 Å². The van der Waals surface area contributed by atoms with Gasteiger partial charge in [0.2, 0.25) is 0 Å². The Balaban J connectivity index is 2.01. The van der Waals surface area contributed by atoms with Gasteiger partial charge >= 0.3 is 0 Å². The van der Waals surface area contributed by atoms with Crippen molar-refractivity contribution in [3.8, 4) is 0 Å². The maximum absolute atomic E-state index is 13.5. The first-order chi connectivity index (χ1) is 11.1. The predicted molar refractivity (Wildman–Crippen MR) is 94.8 cm³/mol. The smallest absolute Gasteiger partial charge is 0.125 e. The van der Waals surface area contributed by atoms with Crippen molar-refractivity contribution in [1.82, 2.24) is 0 Å². The fourth-order valence-electron chi connectivity index (χ4n) is 2.38. The van der Waals surface area contributed by atoms with Crippen molar-refractivity contribution in [3.05, 3.63) is 59.5 Å². The van der Waals surface area contributed by atoms with Crippen LogP contribution in [0.2, 0.25) is 0 Å². The third-order valence-electron chi connectivity index (χ3n) is 3.67. The number of nitrogens with zero attached hydrogens (tertiary/aromatic N) is 2. The Labute approximate surface area is 137 Å². The predicted octanol–water partition coefficient (Wildman–Crippen LogP) is 4.00. The van der Waals surface area contributed by atoms with E-state index in [2.05, 4.69) is 13.2 Å². The second-order valence-electron chi connectivity index (χ2n) is 5.27. The van der Waals surface area contributed by atoms with Gasteiger partial charge in [-0.1, -0.05) is 30.3 Å². The van der Waals surface area contributed by atoms with E-state index < -0.39 is 9.30 Å². The van der Waals surface area contributed by atoms with Gasteiger partial charge in [-0.15, -0.1) is 4.91 Å². The lowest BCUT2D eigenvalue weighted by molar-refractivity contribution is 0.399. The van der Waals surface area contributed by atoms with Crippen molar-refractivity contribution >= 4 is 28.7 Å². The third-order valence-corrected chi connectivity index (χ3v) is 6.95. The summed E-state index contributed by atoms with van der Waals surface area (Å²) in [7, 11) is 0.608. The molecule has 5 nitrogen and oxygen atoms in total. The second kappa shape index (κ2) is 6.79. The van der Waals surface area contributed by atoms with E-state index in [-0.39, 0.29) is 11.8 Å². The number of ether oxygens (including phenoxy) is 1. The molecule has 120 valence electrons. The average Bonchev–Trinajstić information content (AvgIpc) is 3.40. The van der Waals surface area contributed by atoms with Gasteiger partial charge in [-0.3, -0.25) is 4.31 Å². The normalized spacial score (nSPS) is 18.9. The molecular formula is C16H17N2O3PS. The summed E-state index contributed by atoms with van der Waals surface area (Å²) in [5.41, 5.74) is 0.991. The molecule has 2 aromatic carbocycles. The van der Waals surface area contributed by atoms with Crippen molar-refractivity contribution < 1.29 is 8.95 Å². The van der Waals surface area contributed by atoms with E-state index in [4.69, 9.17) is 4.74 Å². The van der Waals surface area contributed by atoms with Crippen molar-refractivity contribution in [2.24, 2.45) is 5.18 Å². The lowest BCUT2D eigenvalue weighted by Gasteiger charge is -2.28. The van der Waals surface area contributed by atoms with E-state index in [0.717, 1.165) is 18.7 Å². The average molecular weight is 348 g/mol. The van der Waals surface area contributed by atoms with Gasteiger partial charge in [-0.25, -0.2) is 4.21 Å². The Bertz CT molecular complexity index is 792. The highest BCUT2D eigenvalue weighted by Crippen LogP contribution is 2.33. The summed E-state index contributed by atoms with van der Waals surface area (Å²) >= 11 is 0. The van der Waals surface area contributed by atoms with Gasteiger partial charge in [0, 0.05) is 12.2 Å². The zero-order chi connectivity index (χ0) is 16.3. The van der Waals surface area contributed by atoms with Crippen LogP contribution in [0.1, 0.15) is 6.42 Å². The fraction of sp³-hybridized carbons (Fsp3) is 0.250. The van der Waals surface area contributed by atoms with Gasteiger partial charge in [0.25, 0.3) is 0 Å². The molecule has 2 unspecified atom stereocenters. The molecule has 3 rings (SSSR count). The zero-order valence-electron chi connectivity index (χ0n) is 12.4. The molecule has 2 atom stereocenters. The largest absolute Gasteiger partial charge is 0.373 e. The molecule has 0 radical (unpaired) electrons. The lowest BCUT2D eigenvalue weighted by Crippen LogP contribution is -2.30. The minimum absolute atomic E-state index is 0.177. The SMILES string of the molecule is O=Nc1ccccc1S(=O)(=P)N(CCC1CO1)c1ccccc1. The molecule has 1 aliphatic heterocycles. The van der Waals surface area contributed by atoms with Crippen LogP contribution < -0.4 is 4.31 Å². The van der Waals surface area contributed by atoms with E-state index in [0.29, 0.717) is 11.4 Å². The molecule has 7 heteroatoms. The molecule has 1 saturated heterocycles. The number of nitroso groups, excluding NO2 is 1. The molecular weight excluding hydrogens is 331 g/mol. The Kier molecular flexibility index (Phi) is 4.76. The molecule has 0 N–H and O–H groups in total. The summed E-state index contributed by atoms with van der Waals surface area (Å²) in [5, 5.41) is 3.01. The Morgan fingerprint density at radius 2 is 1.83 bits per heavy atom. The molecule has 0 aliphatic carbocycles. The Hall–Kier alpha value is -1.75. The molecule has 0 aromatic heterocycles. The van der Waals surface area contributed by atoms with Crippen LogP contribution in [-0.4, -0.2) is 23.5 Å². The molecule has 23 heavy (non-hydrogen) atoms. The highest BCUT2D eigenvalue weighted by atomic mass is 32.5. The number of hydrogen-bond acceptors (Lipinski definition) is 4. The molecule has 0 amide bonds. The maximum atomic E-state index is 13.5. The van der Waals surface area contributed by atoms with E-state index in [1.54, 1.807) is 28.6 Å². The Morgan fingerprint density at radius 1 is 1.17 bits per heavy atom. The standard InChI is InChI=1S/C16H17N2O3PS/c19-17-15-8-4-5-9-16(15)23(20,22)18(11-10-14-12-21-14)13-6-2-1-3-7-13/h1-9,14,22H,10-12H2.